The fourth-order valence-corrected chi connectivity index (χ4v) is 1.67. The van der Waals surface area contributed by atoms with Gasteiger partial charge in [0.1, 0.15) is 0 Å². The molecule has 0 amide bonds. The van der Waals surface area contributed by atoms with Crippen LogP contribution in [0.15, 0.2) is 30.3 Å². The Labute approximate surface area is 85.7 Å². The van der Waals surface area contributed by atoms with Gasteiger partial charge in [-0.15, -0.1) is 0 Å². The number of hydrogen-bond donors (Lipinski definition) is 0. The fourth-order valence-electron chi connectivity index (χ4n) is 1.67. The summed E-state index contributed by atoms with van der Waals surface area (Å²) in [4.78, 5) is 2.23. The quantitative estimate of drug-likeness (QED) is 0.561. The maximum Gasteiger partial charge on any atom is 0.0263 e. The summed E-state index contributed by atoms with van der Waals surface area (Å²) in [5.74, 6) is 3.19. The SMILES string of the molecule is C(#CN1CCCCC1)c1ccccc1. The van der Waals surface area contributed by atoms with Gasteiger partial charge in [-0.05, 0) is 37.3 Å². The van der Waals surface area contributed by atoms with Gasteiger partial charge in [0.25, 0.3) is 0 Å². The minimum absolute atomic E-state index is 1.11. The average Bonchev–Trinajstić information content (AvgIpc) is 2.29. The Bertz CT molecular complexity index is 325. The maximum atomic E-state index is 3.22. The topological polar surface area (TPSA) is 3.24 Å². The monoisotopic (exact) mass is 185 g/mol. The first kappa shape index (κ1) is 9.15. The van der Waals surface area contributed by atoms with Gasteiger partial charge in [0, 0.05) is 24.7 Å². The normalized spacial score (nSPS) is 15.9. The van der Waals surface area contributed by atoms with Crippen LogP contribution >= 0.6 is 0 Å². The van der Waals surface area contributed by atoms with Gasteiger partial charge in [-0.1, -0.05) is 18.2 Å². The lowest BCUT2D eigenvalue weighted by Gasteiger charge is -2.21. The summed E-state index contributed by atoms with van der Waals surface area (Å²) in [6.07, 6.45) is 3.95. The van der Waals surface area contributed by atoms with E-state index in [1.807, 2.05) is 18.2 Å². The Morgan fingerprint density at radius 3 is 2.36 bits per heavy atom. The maximum absolute atomic E-state index is 3.22. The molecule has 0 N–H and O–H groups in total. The van der Waals surface area contributed by atoms with Gasteiger partial charge in [0.2, 0.25) is 0 Å². The first-order valence-corrected chi connectivity index (χ1v) is 5.27. The molecule has 0 radical (unpaired) electrons. The minimum atomic E-state index is 1.11. The summed E-state index contributed by atoms with van der Waals surface area (Å²) < 4.78 is 0. The van der Waals surface area contributed by atoms with Crippen LogP contribution in [0.1, 0.15) is 24.8 Å². The number of rotatable bonds is 0. The zero-order valence-corrected chi connectivity index (χ0v) is 8.37. The van der Waals surface area contributed by atoms with Gasteiger partial charge >= 0.3 is 0 Å². The Kier molecular flexibility index (Phi) is 3.08. The molecular formula is C13H15N. The summed E-state index contributed by atoms with van der Waals surface area (Å²) in [6.45, 7) is 2.28. The van der Waals surface area contributed by atoms with E-state index in [9.17, 15) is 0 Å². The van der Waals surface area contributed by atoms with Crippen LogP contribution in [0.2, 0.25) is 0 Å². The van der Waals surface area contributed by atoms with Crippen LogP contribution in [0, 0.1) is 12.0 Å². The predicted molar refractivity (Wildman–Crippen MR) is 58.7 cm³/mol. The minimum Gasteiger partial charge on any atom is -0.332 e. The highest BCUT2D eigenvalue weighted by Crippen LogP contribution is 2.07. The van der Waals surface area contributed by atoms with Crippen molar-refractivity contribution in [2.75, 3.05) is 13.1 Å². The zero-order valence-electron chi connectivity index (χ0n) is 8.37. The van der Waals surface area contributed by atoms with E-state index >= 15 is 0 Å². The molecule has 0 atom stereocenters. The van der Waals surface area contributed by atoms with Crippen molar-refractivity contribution in [2.45, 2.75) is 19.3 Å². The molecule has 0 unspecified atom stereocenters. The van der Waals surface area contributed by atoms with E-state index in [1.54, 1.807) is 0 Å². The second kappa shape index (κ2) is 4.72. The van der Waals surface area contributed by atoms with Gasteiger partial charge < -0.3 is 4.90 Å². The van der Waals surface area contributed by atoms with Crippen molar-refractivity contribution in [1.29, 1.82) is 0 Å². The van der Waals surface area contributed by atoms with E-state index in [0.29, 0.717) is 0 Å². The second-order valence-corrected chi connectivity index (χ2v) is 3.65. The van der Waals surface area contributed by atoms with Crippen LogP contribution in [0.3, 0.4) is 0 Å². The lowest BCUT2D eigenvalue weighted by molar-refractivity contribution is 0.326. The summed E-state index contributed by atoms with van der Waals surface area (Å²) in [5, 5.41) is 0. The molecule has 1 aliphatic heterocycles. The molecule has 2 rings (SSSR count). The van der Waals surface area contributed by atoms with Crippen LogP contribution in [0.5, 0.6) is 0 Å². The Balaban J connectivity index is 1.99. The first-order chi connectivity index (χ1) is 6.95. The van der Waals surface area contributed by atoms with Crippen LogP contribution in [-0.4, -0.2) is 18.0 Å². The van der Waals surface area contributed by atoms with E-state index in [-0.39, 0.29) is 0 Å². The summed E-state index contributed by atoms with van der Waals surface area (Å²) in [5.41, 5.74) is 1.11. The summed E-state index contributed by atoms with van der Waals surface area (Å²) >= 11 is 0. The molecule has 0 aromatic heterocycles. The summed E-state index contributed by atoms with van der Waals surface area (Å²) in [7, 11) is 0. The molecule has 1 fully saturated rings. The molecule has 1 aromatic carbocycles. The van der Waals surface area contributed by atoms with Gasteiger partial charge in [-0.25, -0.2) is 0 Å². The average molecular weight is 185 g/mol. The van der Waals surface area contributed by atoms with E-state index in [2.05, 4.69) is 29.0 Å². The van der Waals surface area contributed by atoms with Crippen molar-refractivity contribution in [3.8, 4) is 12.0 Å². The number of nitrogens with zero attached hydrogens (tertiary/aromatic N) is 1. The highest BCUT2D eigenvalue weighted by atomic mass is 15.1. The van der Waals surface area contributed by atoms with E-state index in [0.717, 1.165) is 18.7 Å². The van der Waals surface area contributed by atoms with Gasteiger partial charge in [-0.2, -0.15) is 0 Å². The number of hydrogen-bond acceptors (Lipinski definition) is 1. The Hall–Kier alpha value is -1.42. The molecule has 14 heavy (non-hydrogen) atoms. The van der Waals surface area contributed by atoms with Crippen molar-refractivity contribution in [1.82, 2.24) is 4.90 Å². The molecule has 72 valence electrons. The molecule has 0 spiro atoms. The lowest BCUT2D eigenvalue weighted by atomic mass is 10.1. The molecule has 1 aliphatic rings. The van der Waals surface area contributed by atoms with E-state index < -0.39 is 0 Å². The van der Waals surface area contributed by atoms with Crippen molar-refractivity contribution in [3.05, 3.63) is 35.9 Å². The largest absolute Gasteiger partial charge is 0.332 e. The molecule has 1 nitrogen and oxygen atoms in total. The second-order valence-electron chi connectivity index (χ2n) is 3.65. The number of likely N-dealkylation sites (tertiary alicyclic amines) is 1. The van der Waals surface area contributed by atoms with Gasteiger partial charge in [0.05, 0.1) is 0 Å². The van der Waals surface area contributed by atoms with Crippen LogP contribution < -0.4 is 0 Å². The molecule has 0 saturated carbocycles. The molecule has 1 heteroatoms. The molecular weight excluding hydrogens is 170 g/mol. The fraction of sp³-hybridized carbons (Fsp3) is 0.385. The Morgan fingerprint density at radius 1 is 0.929 bits per heavy atom. The smallest absolute Gasteiger partial charge is 0.0263 e. The van der Waals surface area contributed by atoms with E-state index in [4.69, 9.17) is 0 Å². The third-order valence-corrected chi connectivity index (χ3v) is 2.49. The molecule has 1 saturated heterocycles. The van der Waals surface area contributed by atoms with Gasteiger partial charge in [-0.3, -0.25) is 0 Å². The highest BCUT2D eigenvalue weighted by Gasteiger charge is 2.04. The van der Waals surface area contributed by atoms with Crippen molar-refractivity contribution >= 4 is 0 Å². The molecule has 0 aliphatic carbocycles. The first-order valence-electron chi connectivity index (χ1n) is 5.27. The van der Waals surface area contributed by atoms with Crippen LogP contribution in [-0.2, 0) is 0 Å². The standard InChI is InChI=1S/C13H15N/c1-3-7-13(8-4-1)9-12-14-10-5-2-6-11-14/h1,3-4,7-8H,2,5-6,10-11H2. The Morgan fingerprint density at radius 2 is 1.64 bits per heavy atom. The van der Waals surface area contributed by atoms with Crippen molar-refractivity contribution in [2.24, 2.45) is 0 Å². The highest BCUT2D eigenvalue weighted by molar-refractivity contribution is 5.33. The third kappa shape index (κ3) is 2.53. The molecule has 1 heterocycles. The third-order valence-electron chi connectivity index (χ3n) is 2.49. The zero-order chi connectivity index (χ0) is 9.64. The molecule has 0 bridgehead atoms. The number of piperidine rings is 1. The predicted octanol–water partition coefficient (Wildman–Crippen LogP) is 2.48. The lowest BCUT2D eigenvalue weighted by Crippen LogP contribution is -2.24. The van der Waals surface area contributed by atoms with Crippen molar-refractivity contribution < 1.29 is 0 Å². The summed E-state index contributed by atoms with van der Waals surface area (Å²) in [6, 6.07) is 13.4. The van der Waals surface area contributed by atoms with Crippen LogP contribution in [0.4, 0.5) is 0 Å². The molecule has 1 aromatic rings. The van der Waals surface area contributed by atoms with E-state index in [1.165, 1.54) is 19.3 Å². The number of benzene rings is 1. The van der Waals surface area contributed by atoms with Crippen LogP contribution in [0.25, 0.3) is 0 Å². The van der Waals surface area contributed by atoms with Gasteiger partial charge in [0.15, 0.2) is 0 Å². The van der Waals surface area contributed by atoms with Crippen molar-refractivity contribution in [3.63, 3.8) is 0 Å².